The number of nitrogens with zero attached hydrogens (tertiary/aromatic N) is 4. The Morgan fingerprint density at radius 1 is 1.27 bits per heavy atom. The Bertz CT molecular complexity index is 433. The van der Waals surface area contributed by atoms with Crippen LogP contribution in [-0.2, 0) is 6.54 Å². The van der Waals surface area contributed by atoms with Gasteiger partial charge in [-0.05, 0) is 16.8 Å². The van der Waals surface area contributed by atoms with E-state index >= 15 is 0 Å². The number of aryl methyl sites for hydroxylation is 1. The highest BCUT2D eigenvalue weighted by molar-refractivity contribution is 5.53. The van der Waals surface area contributed by atoms with Crippen LogP contribution in [0, 0.1) is 0 Å². The van der Waals surface area contributed by atoms with E-state index in [9.17, 15) is 0 Å². The summed E-state index contributed by atoms with van der Waals surface area (Å²) in [5, 5.41) is 11.6. The van der Waals surface area contributed by atoms with Crippen molar-refractivity contribution in [2.75, 3.05) is 0 Å². The molecule has 15 heavy (non-hydrogen) atoms. The molecule has 0 atom stereocenters. The van der Waals surface area contributed by atoms with Crippen LogP contribution in [0.1, 0.15) is 6.42 Å². The molecule has 0 aliphatic carbocycles. The number of hydrogen-bond acceptors (Lipinski definition) is 3. The first kappa shape index (κ1) is 9.58. The van der Waals surface area contributed by atoms with Gasteiger partial charge in [0.15, 0.2) is 5.82 Å². The van der Waals surface area contributed by atoms with E-state index in [4.69, 9.17) is 0 Å². The maximum atomic E-state index is 4.01. The average molecular weight is 200 g/mol. The molecule has 0 spiro atoms. The summed E-state index contributed by atoms with van der Waals surface area (Å²) in [5.41, 5.74) is 1.03. The molecule has 0 saturated heterocycles. The molecule has 0 fully saturated rings. The van der Waals surface area contributed by atoms with Crippen LogP contribution in [0.15, 0.2) is 43.0 Å². The van der Waals surface area contributed by atoms with Crippen molar-refractivity contribution in [3.8, 4) is 11.4 Å². The highest BCUT2D eigenvalue weighted by Crippen LogP contribution is 2.14. The molecule has 4 heteroatoms. The monoisotopic (exact) mass is 200 g/mol. The van der Waals surface area contributed by atoms with Crippen molar-refractivity contribution in [3.05, 3.63) is 43.0 Å². The SMILES string of the molecule is C=CCCn1nnnc1-c1ccccc1. The number of rotatable bonds is 4. The maximum absolute atomic E-state index is 4.01. The summed E-state index contributed by atoms with van der Waals surface area (Å²) in [5.74, 6) is 0.803. The van der Waals surface area contributed by atoms with Crippen LogP contribution < -0.4 is 0 Å². The van der Waals surface area contributed by atoms with E-state index in [1.807, 2.05) is 36.4 Å². The van der Waals surface area contributed by atoms with E-state index in [-0.39, 0.29) is 0 Å². The standard InChI is InChI=1S/C11H12N4/c1-2-3-9-15-11(12-13-14-15)10-7-5-4-6-8-10/h2,4-8H,1,3,9H2. The Labute approximate surface area is 88.2 Å². The third-order valence-corrected chi connectivity index (χ3v) is 2.11. The molecule has 1 aromatic heterocycles. The first-order valence-corrected chi connectivity index (χ1v) is 4.84. The van der Waals surface area contributed by atoms with Crippen molar-refractivity contribution in [1.82, 2.24) is 20.2 Å². The number of benzene rings is 1. The lowest BCUT2D eigenvalue weighted by Gasteiger charge is -2.01. The fourth-order valence-electron chi connectivity index (χ4n) is 1.36. The Morgan fingerprint density at radius 2 is 2.07 bits per heavy atom. The summed E-state index contributed by atoms with van der Waals surface area (Å²) < 4.78 is 1.79. The van der Waals surface area contributed by atoms with Crippen LogP contribution in [0.4, 0.5) is 0 Å². The molecule has 0 aliphatic heterocycles. The maximum Gasteiger partial charge on any atom is 0.182 e. The van der Waals surface area contributed by atoms with Gasteiger partial charge in [-0.3, -0.25) is 0 Å². The molecule has 4 nitrogen and oxygen atoms in total. The number of tetrazole rings is 1. The summed E-state index contributed by atoms with van der Waals surface area (Å²) in [6.45, 7) is 4.45. The van der Waals surface area contributed by atoms with E-state index < -0.39 is 0 Å². The van der Waals surface area contributed by atoms with Crippen LogP contribution in [0.3, 0.4) is 0 Å². The molecule has 0 aliphatic rings. The normalized spacial score (nSPS) is 10.1. The second kappa shape index (κ2) is 4.50. The lowest BCUT2D eigenvalue weighted by atomic mass is 10.2. The molecule has 1 heterocycles. The zero-order valence-electron chi connectivity index (χ0n) is 8.37. The fraction of sp³-hybridized carbons (Fsp3) is 0.182. The van der Waals surface area contributed by atoms with Crippen molar-refractivity contribution in [3.63, 3.8) is 0 Å². The van der Waals surface area contributed by atoms with Gasteiger partial charge in [-0.15, -0.1) is 11.7 Å². The van der Waals surface area contributed by atoms with E-state index in [1.54, 1.807) is 4.68 Å². The third kappa shape index (κ3) is 2.10. The molecule has 76 valence electrons. The largest absolute Gasteiger partial charge is 0.225 e. The molecule has 0 amide bonds. The van der Waals surface area contributed by atoms with Gasteiger partial charge in [0.2, 0.25) is 0 Å². The number of hydrogen-bond donors (Lipinski definition) is 0. The molecule has 2 aromatic rings. The Hall–Kier alpha value is -1.97. The minimum atomic E-state index is 0.765. The summed E-state index contributed by atoms with van der Waals surface area (Å²) in [6, 6.07) is 9.91. The Balaban J connectivity index is 2.29. The minimum absolute atomic E-state index is 0.765. The molecule has 0 bridgehead atoms. The second-order valence-electron chi connectivity index (χ2n) is 3.17. The lowest BCUT2D eigenvalue weighted by molar-refractivity contribution is 0.601. The highest BCUT2D eigenvalue weighted by Gasteiger charge is 2.06. The van der Waals surface area contributed by atoms with Crippen molar-refractivity contribution in [2.24, 2.45) is 0 Å². The van der Waals surface area contributed by atoms with E-state index in [1.165, 1.54) is 0 Å². The zero-order chi connectivity index (χ0) is 10.5. The van der Waals surface area contributed by atoms with Crippen LogP contribution in [0.2, 0.25) is 0 Å². The van der Waals surface area contributed by atoms with Gasteiger partial charge < -0.3 is 0 Å². The smallest absolute Gasteiger partial charge is 0.182 e. The summed E-state index contributed by atoms with van der Waals surface area (Å²) in [4.78, 5) is 0. The Morgan fingerprint density at radius 3 is 2.80 bits per heavy atom. The van der Waals surface area contributed by atoms with Gasteiger partial charge in [0.25, 0.3) is 0 Å². The topological polar surface area (TPSA) is 43.6 Å². The van der Waals surface area contributed by atoms with Gasteiger partial charge in [-0.1, -0.05) is 36.4 Å². The van der Waals surface area contributed by atoms with Gasteiger partial charge >= 0.3 is 0 Å². The lowest BCUT2D eigenvalue weighted by Crippen LogP contribution is -2.02. The van der Waals surface area contributed by atoms with Crippen LogP contribution in [0.25, 0.3) is 11.4 Å². The van der Waals surface area contributed by atoms with Gasteiger partial charge in [-0.2, -0.15) is 0 Å². The van der Waals surface area contributed by atoms with Gasteiger partial charge in [0, 0.05) is 12.1 Å². The van der Waals surface area contributed by atoms with Gasteiger partial charge in [-0.25, -0.2) is 4.68 Å². The van der Waals surface area contributed by atoms with Crippen LogP contribution in [0.5, 0.6) is 0 Å². The molecule has 0 N–H and O–H groups in total. The van der Waals surface area contributed by atoms with Crippen molar-refractivity contribution < 1.29 is 0 Å². The first-order valence-electron chi connectivity index (χ1n) is 4.84. The predicted octanol–water partition coefficient (Wildman–Crippen LogP) is 1.92. The summed E-state index contributed by atoms with van der Waals surface area (Å²) in [7, 11) is 0. The van der Waals surface area contributed by atoms with Crippen molar-refractivity contribution in [1.29, 1.82) is 0 Å². The van der Waals surface area contributed by atoms with Gasteiger partial charge in [0.1, 0.15) is 0 Å². The van der Waals surface area contributed by atoms with Crippen molar-refractivity contribution in [2.45, 2.75) is 13.0 Å². The second-order valence-corrected chi connectivity index (χ2v) is 3.17. The molecule has 2 rings (SSSR count). The molecule has 0 unspecified atom stereocenters. The van der Waals surface area contributed by atoms with E-state index in [2.05, 4.69) is 22.1 Å². The zero-order valence-corrected chi connectivity index (χ0v) is 8.37. The van der Waals surface area contributed by atoms with E-state index in [0.29, 0.717) is 0 Å². The summed E-state index contributed by atoms with van der Waals surface area (Å²) >= 11 is 0. The summed E-state index contributed by atoms with van der Waals surface area (Å²) in [6.07, 6.45) is 2.72. The Kier molecular flexibility index (Phi) is 2.88. The van der Waals surface area contributed by atoms with Crippen LogP contribution in [-0.4, -0.2) is 20.2 Å². The molecule has 0 saturated carbocycles. The van der Waals surface area contributed by atoms with Crippen molar-refractivity contribution >= 4 is 0 Å². The number of aromatic nitrogens is 4. The minimum Gasteiger partial charge on any atom is -0.225 e. The number of allylic oxidation sites excluding steroid dienone is 1. The fourth-order valence-corrected chi connectivity index (χ4v) is 1.36. The highest BCUT2D eigenvalue weighted by atomic mass is 15.5. The average Bonchev–Trinajstić information content (AvgIpc) is 2.75. The first-order chi connectivity index (χ1) is 7.42. The molecular weight excluding hydrogens is 188 g/mol. The molecule has 1 aromatic carbocycles. The predicted molar refractivity (Wildman–Crippen MR) is 58.1 cm³/mol. The van der Waals surface area contributed by atoms with Crippen LogP contribution >= 0.6 is 0 Å². The molecular formula is C11H12N4. The van der Waals surface area contributed by atoms with Gasteiger partial charge in [0.05, 0.1) is 0 Å². The van der Waals surface area contributed by atoms with E-state index in [0.717, 1.165) is 24.4 Å². The quantitative estimate of drug-likeness (QED) is 0.708. The third-order valence-electron chi connectivity index (χ3n) is 2.11. The molecule has 0 radical (unpaired) electrons.